The number of benzene rings is 1. The fraction of sp³-hybridized carbons (Fsp3) is 0.438. The van der Waals surface area contributed by atoms with Crippen molar-refractivity contribution in [3.05, 3.63) is 29.8 Å². The Kier molecular flexibility index (Phi) is 4.88. The van der Waals surface area contributed by atoms with Crippen LogP contribution >= 0.6 is 0 Å². The normalized spacial score (nSPS) is 17.3. The molecular formula is C16H20N2O5. The molecule has 1 aromatic carbocycles. The lowest BCUT2D eigenvalue weighted by Gasteiger charge is -2.19. The van der Waals surface area contributed by atoms with E-state index in [2.05, 4.69) is 10.6 Å². The maximum absolute atomic E-state index is 12.0. The first-order valence-corrected chi connectivity index (χ1v) is 7.32. The number of anilines is 1. The van der Waals surface area contributed by atoms with Gasteiger partial charge in [-0.25, -0.2) is 9.59 Å². The molecule has 0 bridgehead atoms. The highest BCUT2D eigenvalue weighted by atomic mass is 16.6. The van der Waals surface area contributed by atoms with Gasteiger partial charge in [-0.15, -0.1) is 0 Å². The Morgan fingerprint density at radius 2 is 1.87 bits per heavy atom. The number of carbonyl (C=O) groups is 3. The van der Waals surface area contributed by atoms with Crippen molar-refractivity contribution >= 4 is 23.7 Å². The number of hydrogen-bond acceptors (Lipinski definition) is 5. The van der Waals surface area contributed by atoms with E-state index >= 15 is 0 Å². The molecule has 7 nitrogen and oxygen atoms in total. The third kappa shape index (κ3) is 4.98. The van der Waals surface area contributed by atoms with Crippen molar-refractivity contribution in [1.29, 1.82) is 0 Å². The highest BCUT2D eigenvalue weighted by molar-refractivity contribution is 5.97. The summed E-state index contributed by atoms with van der Waals surface area (Å²) in [4.78, 5) is 35.0. The van der Waals surface area contributed by atoms with Crippen LogP contribution in [-0.4, -0.2) is 36.2 Å². The van der Waals surface area contributed by atoms with Gasteiger partial charge in [-0.2, -0.15) is 0 Å². The Morgan fingerprint density at radius 1 is 1.22 bits per heavy atom. The van der Waals surface area contributed by atoms with E-state index < -0.39 is 23.7 Å². The zero-order chi connectivity index (χ0) is 17.0. The van der Waals surface area contributed by atoms with Gasteiger partial charge in [0.25, 0.3) is 5.91 Å². The molecule has 1 atom stereocenters. The van der Waals surface area contributed by atoms with Crippen LogP contribution < -0.4 is 10.6 Å². The van der Waals surface area contributed by atoms with Crippen molar-refractivity contribution in [2.45, 2.75) is 38.8 Å². The zero-order valence-electron chi connectivity index (χ0n) is 13.3. The number of ether oxygens (including phenoxy) is 2. The Labute approximate surface area is 134 Å². The smallest absolute Gasteiger partial charge is 0.412 e. The molecule has 1 aliphatic heterocycles. The summed E-state index contributed by atoms with van der Waals surface area (Å²) in [6, 6.07) is 5.70. The summed E-state index contributed by atoms with van der Waals surface area (Å²) >= 11 is 0. The molecule has 0 aromatic heterocycles. The summed E-state index contributed by atoms with van der Waals surface area (Å²) in [6.45, 7) is 5.64. The van der Waals surface area contributed by atoms with Crippen molar-refractivity contribution < 1.29 is 23.9 Å². The van der Waals surface area contributed by atoms with Gasteiger partial charge in [-0.1, -0.05) is 0 Å². The predicted octanol–water partition coefficient (Wildman–Crippen LogP) is 2.08. The summed E-state index contributed by atoms with van der Waals surface area (Å²) in [5, 5.41) is 5.19. The van der Waals surface area contributed by atoms with Gasteiger partial charge in [-0.3, -0.25) is 10.1 Å². The quantitative estimate of drug-likeness (QED) is 0.832. The largest absolute Gasteiger partial charge is 0.464 e. The molecule has 124 valence electrons. The molecule has 1 fully saturated rings. The van der Waals surface area contributed by atoms with Gasteiger partial charge in [0.15, 0.2) is 0 Å². The fourth-order valence-corrected chi connectivity index (χ4v) is 1.99. The minimum absolute atomic E-state index is 0.322. The molecule has 0 radical (unpaired) electrons. The van der Waals surface area contributed by atoms with Crippen molar-refractivity contribution in [2.24, 2.45) is 0 Å². The minimum Gasteiger partial charge on any atom is -0.464 e. The number of cyclic esters (lactones) is 1. The molecule has 0 aliphatic carbocycles. The lowest BCUT2D eigenvalue weighted by atomic mass is 10.1. The minimum atomic E-state index is -0.595. The molecule has 23 heavy (non-hydrogen) atoms. The average molecular weight is 320 g/mol. The van der Waals surface area contributed by atoms with Gasteiger partial charge in [0.05, 0.1) is 6.61 Å². The van der Waals surface area contributed by atoms with Gasteiger partial charge in [-0.05, 0) is 45.0 Å². The number of amides is 2. The van der Waals surface area contributed by atoms with Gasteiger partial charge in [0.1, 0.15) is 11.6 Å². The second kappa shape index (κ2) is 6.68. The van der Waals surface area contributed by atoms with Crippen LogP contribution in [0.5, 0.6) is 0 Å². The Balaban J connectivity index is 1.92. The van der Waals surface area contributed by atoms with Crippen LogP contribution in [0.4, 0.5) is 10.5 Å². The van der Waals surface area contributed by atoms with Crippen molar-refractivity contribution in [2.75, 3.05) is 11.9 Å². The summed E-state index contributed by atoms with van der Waals surface area (Å²) < 4.78 is 9.93. The highest BCUT2D eigenvalue weighted by Gasteiger charge is 2.28. The maximum Gasteiger partial charge on any atom is 0.412 e. The Hall–Kier alpha value is -2.57. The number of hydrogen-bond donors (Lipinski definition) is 2. The van der Waals surface area contributed by atoms with Crippen molar-refractivity contribution in [3.63, 3.8) is 0 Å². The molecule has 1 saturated heterocycles. The van der Waals surface area contributed by atoms with Gasteiger partial charge >= 0.3 is 12.1 Å². The Bertz CT molecular complexity index is 604. The summed E-state index contributed by atoms with van der Waals surface area (Å²) in [7, 11) is 0. The molecule has 2 N–H and O–H groups in total. The molecule has 0 spiro atoms. The Morgan fingerprint density at radius 3 is 2.39 bits per heavy atom. The summed E-state index contributed by atoms with van der Waals surface area (Å²) in [6.07, 6.45) is -0.0912. The van der Waals surface area contributed by atoms with Crippen molar-refractivity contribution in [3.8, 4) is 0 Å². The maximum atomic E-state index is 12.0. The molecule has 2 rings (SSSR count). The van der Waals surface area contributed by atoms with Gasteiger partial charge in [0, 0.05) is 17.7 Å². The van der Waals surface area contributed by atoms with E-state index in [0.717, 1.165) is 0 Å². The summed E-state index contributed by atoms with van der Waals surface area (Å²) in [5.74, 6) is -0.778. The van der Waals surface area contributed by atoms with E-state index in [0.29, 0.717) is 24.3 Å². The van der Waals surface area contributed by atoms with Crippen LogP contribution in [-0.2, 0) is 14.3 Å². The number of carbonyl (C=O) groups excluding carboxylic acids is 3. The molecule has 1 heterocycles. The number of rotatable bonds is 3. The average Bonchev–Trinajstić information content (AvgIpc) is 2.83. The topological polar surface area (TPSA) is 93.7 Å². The monoisotopic (exact) mass is 320 g/mol. The highest BCUT2D eigenvalue weighted by Crippen LogP contribution is 2.14. The first-order chi connectivity index (χ1) is 10.7. The summed E-state index contributed by atoms with van der Waals surface area (Å²) in [5.41, 5.74) is 0.315. The zero-order valence-corrected chi connectivity index (χ0v) is 13.3. The van der Waals surface area contributed by atoms with Gasteiger partial charge < -0.3 is 14.8 Å². The SMILES string of the molecule is CC(C)(C)OC(=O)Nc1ccc(C(=O)NC2CCOC2=O)cc1. The van der Waals surface area contributed by atoms with E-state index in [-0.39, 0.29) is 5.91 Å². The lowest BCUT2D eigenvalue weighted by molar-refractivity contribution is -0.139. The molecular weight excluding hydrogens is 300 g/mol. The van der Waals surface area contributed by atoms with Crippen LogP contribution in [0.2, 0.25) is 0 Å². The second-order valence-electron chi connectivity index (χ2n) is 6.19. The van der Waals surface area contributed by atoms with E-state index in [1.165, 1.54) is 0 Å². The molecule has 0 saturated carbocycles. The molecule has 1 unspecified atom stereocenters. The molecule has 2 amide bonds. The van der Waals surface area contributed by atoms with Crippen LogP contribution in [0.3, 0.4) is 0 Å². The molecule has 1 aliphatic rings. The molecule has 1 aromatic rings. The van der Waals surface area contributed by atoms with E-state index in [4.69, 9.17) is 9.47 Å². The first kappa shape index (κ1) is 16.8. The van der Waals surface area contributed by atoms with Crippen LogP contribution in [0.1, 0.15) is 37.6 Å². The van der Waals surface area contributed by atoms with Crippen LogP contribution in [0, 0.1) is 0 Å². The standard InChI is InChI=1S/C16H20N2O5/c1-16(2,3)23-15(21)17-11-6-4-10(5-7-11)13(19)18-12-8-9-22-14(12)20/h4-7,12H,8-9H2,1-3H3,(H,17,21)(H,18,19). The van der Waals surface area contributed by atoms with Crippen LogP contribution in [0.15, 0.2) is 24.3 Å². The van der Waals surface area contributed by atoms with E-state index in [1.807, 2.05) is 0 Å². The lowest BCUT2D eigenvalue weighted by Crippen LogP contribution is -2.37. The number of esters is 1. The number of nitrogens with one attached hydrogen (secondary N) is 2. The van der Waals surface area contributed by atoms with Gasteiger partial charge in [0.2, 0.25) is 0 Å². The third-order valence-corrected chi connectivity index (χ3v) is 3.03. The first-order valence-electron chi connectivity index (χ1n) is 7.32. The fourth-order valence-electron chi connectivity index (χ4n) is 1.99. The van der Waals surface area contributed by atoms with Crippen LogP contribution in [0.25, 0.3) is 0 Å². The van der Waals surface area contributed by atoms with Crippen molar-refractivity contribution in [1.82, 2.24) is 5.32 Å². The van der Waals surface area contributed by atoms with E-state index in [9.17, 15) is 14.4 Å². The predicted molar refractivity (Wildman–Crippen MR) is 83.1 cm³/mol. The third-order valence-electron chi connectivity index (χ3n) is 3.03. The molecule has 7 heteroatoms. The van der Waals surface area contributed by atoms with E-state index in [1.54, 1.807) is 45.0 Å². The second-order valence-corrected chi connectivity index (χ2v) is 6.19.